The van der Waals surface area contributed by atoms with Crippen LogP contribution in [0.15, 0.2) is 107 Å². The zero-order valence-electron chi connectivity index (χ0n) is 18.5. The van der Waals surface area contributed by atoms with Crippen LogP contribution in [0, 0.1) is 0 Å². The second kappa shape index (κ2) is 11.0. The van der Waals surface area contributed by atoms with E-state index in [0.717, 1.165) is 33.7 Å². The summed E-state index contributed by atoms with van der Waals surface area (Å²) in [5.74, 6) is 0. The van der Waals surface area contributed by atoms with Gasteiger partial charge in [-0.2, -0.15) is 0 Å². The van der Waals surface area contributed by atoms with E-state index in [2.05, 4.69) is 0 Å². The second-order valence-electron chi connectivity index (χ2n) is 7.66. The molecule has 0 heterocycles. The minimum Gasteiger partial charge on any atom is -0.398 e. The van der Waals surface area contributed by atoms with E-state index in [4.69, 9.17) is 44.7 Å². The molecule has 0 bridgehead atoms. The van der Waals surface area contributed by atoms with Crippen LogP contribution in [0.1, 0.15) is 22.3 Å². The minimum atomic E-state index is 0.451. The van der Waals surface area contributed by atoms with Crippen LogP contribution >= 0.6 is 23.2 Å². The van der Waals surface area contributed by atoms with Crippen LogP contribution in [0.2, 0.25) is 10.0 Å². The maximum absolute atomic E-state index is 6.27. The second-order valence-corrected chi connectivity index (χ2v) is 8.53. The smallest absolute Gasteiger partial charge is 0.0740 e. The summed E-state index contributed by atoms with van der Waals surface area (Å²) in [7, 11) is 0. The molecule has 0 saturated heterocycles. The van der Waals surface area contributed by atoms with Crippen molar-refractivity contribution in [3.05, 3.63) is 129 Å². The lowest BCUT2D eigenvalue weighted by molar-refractivity contribution is 0.976. The van der Waals surface area contributed by atoms with Crippen molar-refractivity contribution in [3.8, 4) is 0 Å². The first-order valence-electron chi connectivity index (χ1n) is 10.8. The Balaban J connectivity index is 1.69. The van der Waals surface area contributed by atoms with E-state index in [9.17, 15) is 0 Å². The monoisotopic (exact) mass is 486 g/mol. The molecule has 0 fully saturated rings. The Hall–Kier alpha value is -3.60. The summed E-state index contributed by atoms with van der Waals surface area (Å²) in [5, 5.41) is 1.21. The molecule has 0 aromatic heterocycles. The van der Waals surface area contributed by atoms with Crippen molar-refractivity contribution in [2.24, 2.45) is 9.98 Å². The van der Waals surface area contributed by atoms with Gasteiger partial charge in [0.15, 0.2) is 0 Å². The molecule has 0 aliphatic rings. The molecule has 6 heteroatoms. The molecule has 0 radical (unpaired) electrons. The molecule has 0 saturated carbocycles. The lowest BCUT2D eigenvalue weighted by Gasteiger charge is -2.12. The van der Waals surface area contributed by atoms with Gasteiger partial charge in [0.05, 0.1) is 24.5 Å². The number of hydrogen-bond donors (Lipinski definition) is 2. The highest BCUT2D eigenvalue weighted by Crippen LogP contribution is 2.23. The van der Waals surface area contributed by atoms with Gasteiger partial charge in [-0.05, 0) is 36.4 Å². The summed E-state index contributed by atoms with van der Waals surface area (Å²) in [6.07, 6.45) is 0. The Morgan fingerprint density at radius 3 is 1.32 bits per heavy atom. The number of benzene rings is 4. The van der Waals surface area contributed by atoms with Crippen LogP contribution in [0.5, 0.6) is 0 Å². The normalized spacial score (nSPS) is 12.1. The molecule has 0 aliphatic heterocycles. The van der Waals surface area contributed by atoms with Gasteiger partial charge in [0.1, 0.15) is 0 Å². The summed E-state index contributed by atoms with van der Waals surface area (Å²) >= 11 is 12.5. The number of halogens is 2. The average molecular weight is 487 g/mol. The molecule has 4 rings (SSSR count). The van der Waals surface area contributed by atoms with Gasteiger partial charge >= 0.3 is 0 Å². The third kappa shape index (κ3) is 5.66. The van der Waals surface area contributed by atoms with E-state index >= 15 is 0 Å². The zero-order chi connectivity index (χ0) is 23.9. The molecular formula is C28H24Cl2N4. The number of anilines is 2. The Bertz CT molecular complexity index is 1230. The Morgan fingerprint density at radius 1 is 0.559 bits per heavy atom. The van der Waals surface area contributed by atoms with E-state index < -0.39 is 0 Å². The maximum atomic E-state index is 6.27. The Kier molecular flexibility index (Phi) is 7.63. The molecule has 4 nitrogen and oxygen atoms in total. The topological polar surface area (TPSA) is 76.8 Å². The van der Waals surface area contributed by atoms with Crippen molar-refractivity contribution in [2.75, 3.05) is 24.6 Å². The standard InChI is InChI=1S/C28H24Cl2N4/c29-21-11-13-25(31)23(17-21)27(19-7-3-1-4-8-19)33-15-16-34-28(20-9-5-2-6-10-20)24-18-22(30)12-14-26(24)32/h1-14,17-18H,15-16,31-32H2. The van der Waals surface area contributed by atoms with Gasteiger partial charge in [0.2, 0.25) is 0 Å². The molecule has 170 valence electrons. The van der Waals surface area contributed by atoms with Gasteiger partial charge in [-0.25, -0.2) is 0 Å². The van der Waals surface area contributed by atoms with Crippen LogP contribution < -0.4 is 11.5 Å². The first-order chi connectivity index (χ1) is 16.5. The van der Waals surface area contributed by atoms with E-state index in [-0.39, 0.29) is 0 Å². The fourth-order valence-corrected chi connectivity index (χ4v) is 3.99. The number of nitrogens with zero attached hydrogens (tertiary/aromatic N) is 2. The van der Waals surface area contributed by atoms with E-state index in [1.807, 2.05) is 72.8 Å². The number of nitrogen functional groups attached to an aromatic ring is 2. The van der Waals surface area contributed by atoms with Crippen LogP contribution in [0.4, 0.5) is 11.4 Å². The maximum Gasteiger partial charge on any atom is 0.0740 e. The van der Waals surface area contributed by atoms with Crippen molar-refractivity contribution in [1.29, 1.82) is 0 Å². The largest absolute Gasteiger partial charge is 0.398 e. The molecule has 0 unspecified atom stereocenters. The van der Waals surface area contributed by atoms with Gasteiger partial charge in [-0.1, -0.05) is 83.9 Å². The summed E-state index contributed by atoms with van der Waals surface area (Å²) in [4.78, 5) is 9.76. The highest BCUT2D eigenvalue weighted by atomic mass is 35.5. The number of aliphatic imine (C=N–C) groups is 2. The van der Waals surface area contributed by atoms with Crippen molar-refractivity contribution in [2.45, 2.75) is 0 Å². The summed E-state index contributed by atoms with van der Waals surface area (Å²) in [6, 6.07) is 30.7. The van der Waals surface area contributed by atoms with Crippen LogP contribution in [-0.2, 0) is 0 Å². The third-order valence-electron chi connectivity index (χ3n) is 5.28. The van der Waals surface area contributed by atoms with Gasteiger partial charge < -0.3 is 11.5 Å². The lowest BCUT2D eigenvalue weighted by atomic mass is 10.0. The molecule has 4 aromatic carbocycles. The molecule has 4 N–H and O–H groups in total. The quantitative estimate of drug-likeness (QED) is 0.177. The van der Waals surface area contributed by atoms with Gasteiger partial charge in [-0.15, -0.1) is 0 Å². The number of hydrogen-bond acceptors (Lipinski definition) is 4. The fraction of sp³-hybridized carbons (Fsp3) is 0.0714. The predicted octanol–water partition coefficient (Wildman–Crippen LogP) is 6.53. The molecule has 0 aliphatic carbocycles. The molecule has 0 amide bonds. The van der Waals surface area contributed by atoms with Gasteiger partial charge in [0, 0.05) is 43.7 Å². The minimum absolute atomic E-state index is 0.451. The van der Waals surface area contributed by atoms with Gasteiger partial charge in [0.25, 0.3) is 0 Å². The first-order valence-corrected chi connectivity index (χ1v) is 11.6. The van der Waals surface area contributed by atoms with Gasteiger partial charge in [-0.3, -0.25) is 9.98 Å². The average Bonchev–Trinajstić information content (AvgIpc) is 2.86. The summed E-state index contributed by atoms with van der Waals surface area (Å²) < 4.78 is 0. The van der Waals surface area contributed by atoms with Crippen molar-refractivity contribution in [3.63, 3.8) is 0 Å². The Morgan fingerprint density at radius 2 is 0.941 bits per heavy atom. The van der Waals surface area contributed by atoms with Crippen molar-refractivity contribution >= 4 is 46.0 Å². The molecular weight excluding hydrogens is 463 g/mol. The van der Waals surface area contributed by atoms with Crippen molar-refractivity contribution < 1.29 is 0 Å². The fourth-order valence-electron chi connectivity index (χ4n) is 3.65. The summed E-state index contributed by atoms with van der Waals surface area (Å²) in [5.41, 5.74) is 18.8. The Labute approximate surface area is 209 Å². The summed E-state index contributed by atoms with van der Waals surface area (Å²) in [6.45, 7) is 0.903. The number of rotatable bonds is 7. The number of nitrogens with two attached hydrogens (primary N) is 2. The van der Waals surface area contributed by atoms with E-state index in [0.29, 0.717) is 34.5 Å². The zero-order valence-corrected chi connectivity index (χ0v) is 20.0. The lowest BCUT2D eigenvalue weighted by Crippen LogP contribution is -2.10. The highest BCUT2D eigenvalue weighted by molar-refractivity contribution is 6.32. The molecule has 4 aromatic rings. The van der Waals surface area contributed by atoms with E-state index in [1.165, 1.54) is 0 Å². The van der Waals surface area contributed by atoms with Crippen LogP contribution in [0.25, 0.3) is 0 Å². The molecule has 0 atom stereocenters. The van der Waals surface area contributed by atoms with Crippen LogP contribution in [0.3, 0.4) is 0 Å². The SMILES string of the molecule is Nc1ccc(Cl)cc1C(=NCCN=C(c1ccccc1)c1cc(Cl)ccc1N)c1ccccc1. The molecule has 0 spiro atoms. The van der Waals surface area contributed by atoms with Crippen molar-refractivity contribution in [1.82, 2.24) is 0 Å². The molecule has 34 heavy (non-hydrogen) atoms. The third-order valence-corrected chi connectivity index (χ3v) is 5.75. The van der Waals surface area contributed by atoms with Crippen LogP contribution in [-0.4, -0.2) is 24.5 Å². The highest BCUT2D eigenvalue weighted by Gasteiger charge is 2.13. The van der Waals surface area contributed by atoms with E-state index in [1.54, 1.807) is 24.3 Å². The first kappa shape index (κ1) is 23.6. The predicted molar refractivity (Wildman–Crippen MR) is 146 cm³/mol.